The van der Waals surface area contributed by atoms with Gasteiger partial charge in [-0.25, -0.2) is 0 Å². The highest BCUT2D eigenvalue weighted by Crippen LogP contribution is 2.30. The lowest BCUT2D eigenvalue weighted by Crippen LogP contribution is -2.18. The number of ether oxygens (including phenoxy) is 1. The summed E-state index contributed by atoms with van der Waals surface area (Å²) in [5.41, 5.74) is 1.25. The second kappa shape index (κ2) is 6.88. The van der Waals surface area contributed by atoms with E-state index in [0.717, 1.165) is 21.1 Å². The standard InChI is InChI=1S/C14H15Br2NOS/c1-17-13(7-11-6-10(15)8-19-11)9-3-4-14(18-2)12(16)5-9/h3-6,8,13,17H,7H2,1-2H3. The molecule has 0 aliphatic carbocycles. The maximum absolute atomic E-state index is 5.26. The van der Waals surface area contributed by atoms with E-state index < -0.39 is 0 Å². The van der Waals surface area contributed by atoms with Gasteiger partial charge in [0.1, 0.15) is 5.75 Å². The van der Waals surface area contributed by atoms with Gasteiger partial charge in [-0.1, -0.05) is 6.07 Å². The largest absolute Gasteiger partial charge is 0.496 e. The molecule has 0 saturated carbocycles. The van der Waals surface area contributed by atoms with E-state index in [1.807, 2.05) is 13.1 Å². The van der Waals surface area contributed by atoms with Crippen molar-refractivity contribution in [2.75, 3.05) is 14.2 Å². The molecular weight excluding hydrogens is 390 g/mol. The van der Waals surface area contributed by atoms with Gasteiger partial charge in [0.25, 0.3) is 0 Å². The van der Waals surface area contributed by atoms with Crippen molar-refractivity contribution in [1.82, 2.24) is 5.32 Å². The van der Waals surface area contributed by atoms with Crippen molar-refractivity contribution in [3.63, 3.8) is 0 Å². The fourth-order valence-corrected chi connectivity index (χ4v) is 4.00. The lowest BCUT2D eigenvalue weighted by molar-refractivity contribution is 0.411. The van der Waals surface area contributed by atoms with Gasteiger partial charge >= 0.3 is 0 Å². The van der Waals surface area contributed by atoms with Gasteiger partial charge in [-0.05, 0) is 62.7 Å². The average molecular weight is 405 g/mol. The van der Waals surface area contributed by atoms with Gasteiger partial charge in [0.15, 0.2) is 0 Å². The zero-order chi connectivity index (χ0) is 13.8. The van der Waals surface area contributed by atoms with Crippen LogP contribution in [-0.4, -0.2) is 14.2 Å². The normalized spacial score (nSPS) is 12.4. The van der Waals surface area contributed by atoms with Crippen molar-refractivity contribution in [3.8, 4) is 5.75 Å². The zero-order valence-electron chi connectivity index (χ0n) is 10.7. The van der Waals surface area contributed by atoms with E-state index in [1.165, 1.54) is 10.4 Å². The first kappa shape index (κ1) is 15.0. The Hall–Kier alpha value is -0.360. The summed E-state index contributed by atoms with van der Waals surface area (Å²) in [4.78, 5) is 1.36. The smallest absolute Gasteiger partial charge is 0.133 e. The fraction of sp³-hybridized carbons (Fsp3) is 0.286. The second-order valence-corrected chi connectivity index (χ2v) is 6.94. The van der Waals surface area contributed by atoms with Gasteiger partial charge in [-0.3, -0.25) is 0 Å². The van der Waals surface area contributed by atoms with Crippen LogP contribution in [0.5, 0.6) is 5.75 Å². The summed E-state index contributed by atoms with van der Waals surface area (Å²) in [5.74, 6) is 0.859. The van der Waals surface area contributed by atoms with E-state index in [0.29, 0.717) is 6.04 Å². The van der Waals surface area contributed by atoms with Gasteiger partial charge in [-0.2, -0.15) is 0 Å². The van der Waals surface area contributed by atoms with E-state index in [2.05, 4.69) is 60.8 Å². The Balaban J connectivity index is 2.19. The molecule has 5 heteroatoms. The van der Waals surface area contributed by atoms with Crippen LogP contribution in [0, 0.1) is 0 Å². The van der Waals surface area contributed by atoms with Crippen molar-refractivity contribution < 1.29 is 4.74 Å². The first-order chi connectivity index (χ1) is 9.13. The summed E-state index contributed by atoms with van der Waals surface area (Å²) in [6.45, 7) is 0. The number of halogens is 2. The van der Waals surface area contributed by atoms with Crippen LogP contribution < -0.4 is 10.1 Å². The molecule has 1 N–H and O–H groups in total. The van der Waals surface area contributed by atoms with Gasteiger partial charge in [0.2, 0.25) is 0 Å². The third kappa shape index (κ3) is 3.81. The summed E-state index contributed by atoms with van der Waals surface area (Å²) in [6.07, 6.45) is 0.978. The van der Waals surface area contributed by atoms with Crippen molar-refractivity contribution in [2.24, 2.45) is 0 Å². The van der Waals surface area contributed by atoms with Crippen LogP contribution in [0.25, 0.3) is 0 Å². The Labute approximate surface area is 134 Å². The Morgan fingerprint density at radius 3 is 2.63 bits per heavy atom. The number of hydrogen-bond donors (Lipinski definition) is 1. The van der Waals surface area contributed by atoms with Crippen molar-refractivity contribution in [1.29, 1.82) is 0 Å². The highest BCUT2D eigenvalue weighted by atomic mass is 79.9. The Morgan fingerprint density at radius 2 is 2.11 bits per heavy atom. The molecule has 2 aromatic rings. The third-order valence-corrected chi connectivity index (χ3v) is 5.29. The van der Waals surface area contributed by atoms with Crippen molar-refractivity contribution in [3.05, 3.63) is 49.0 Å². The first-order valence-corrected chi connectivity index (χ1v) is 8.34. The molecule has 1 heterocycles. The van der Waals surface area contributed by atoms with E-state index in [4.69, 9.17) is 4.74 Å². The summed E-state index contributed by atoms with van der Waals surface area (Å²) < 4.78 is 7.40. The molecule has 19 heavy (non-hydrogen) atoms. The fourth-order valence-electron chi connectivity index (χ4n) is 1.95. The maximum Gasteiger partial charge on any atom is 0.133 e. The SMILES string of the molecule is CNC(Cc1cc(Br)cs1)c1ccc(OC)c(Br)c1. The van der Waals surface area contributed by atoms with Crippen LogP contribution in [0.4, 0.5) is 0 Å². The number of rotatable bonds is 5. The molecule has 0 aliphatic heterocycles. The summed E-state index contributed by atoms with van der Waals surface area (Å²) in [7, 11) is 3.67. The summed E-state index contributed by atoms with van der Waals surface area (Å²) >= 11 is 8.81. The van der Waals surface area contributed by atoms with E-state index in [1.54, 1.807) is 18.4 Å². The van der Waals surface area contributed by atoms with Crippen LogP contribution in [-0.2, 0) is 6.42 Å². The number of hydrogen-bond acceptors (Lipinski definition) is 3. The van der Waals surface area contributed by atoms with Gasteiger partial charge in [0, 0.05) is 27.2 Å². The van der Waals surface area contributed by atoms with Crippen LogP contribution in [0.15, 0.2) is 38.6 Å². The van der Waals surface area contributed by atoms with Crippen LogP contribution >= 0.6 is 43.2 Å². The van der Waals surface area contributed by atoms with Crippen LogP contribution in [0.1, 0.15) is 16.5 Å². The first-order valence-electron chi connectivity index (χ1n) is 5.87. The second-order valence-electron chi connectivity index (χ2n) is 4.17. The minimum absolute atomic E-state index is 0.299. The Bertz CT molecular complexity index is 556. The average Bonchev–Trinajstić information content (AvgIpc) is 2.81. The van der Waals surface area contributed by atoms with Gasteiger partial charge < -0.3 is 10.1 Å². The predicted octanol–water partition coefficient (Wildman–Crippen LogP) is 4.78. The van der Waals surface area contributed by atoms with Gasteiger partial charge in [0.05, 0.1) is 11.6 Å². The van der Waals surface area contributed by atoms with Crippen molar-refractivity contribution in [2.45, 2.75) is 12.5 Å². The Morgan fingerprint density at radius 1 is 1.32 bits per heavy atom. The molecule has 0 aliphatic rings. The van der Waals surface area contributed by atoms with E-state index in [-0.39, 0.29) is 0 Å². The molecule has 1 aromatic carbocycles. The lowest BCUT2D eigenvalue weighted by atomic mass is 10.0. The van der Waals surface area contributed by atoms with E-state index >= 15 is 0 Å². The highest BCUT2D eigenvalue weighted by molar-refractivity contribution is 9.10. The highest BCUT2D eigenvalue weighted by Gasteiger charge is 2.13. The number of nitrogens with one attached hydrogen (secondary N) is 1. The molecule has 0 spiro atoms. The monoisotopic (exact) mass is 403 g/mol. The molecule has 0 amide bonds. The summed E-state index contributed by atoms with van der Waals surface area (Å²) in [5, 5.41) is 5.49. The van der Waals surface area contributed by atoms with Crippen LogP contribution in [0.3, 0.4) is 0 Å². The lowest BCUT2D eigenvalue weighted by Gasteiger charge is -2.17. The maximum atomic E-state index is 5.26. The number of thiophene rings is 1. The minimum Gasteiger partial charge on any atom is -0.496 e. The molecule has 1 aromatic heterocycles. The van der Waals surface area contributed by atoms with E-state index in [9.17, 15) is 0 Å². The quantitative estimate of drug-likeness (QED) is 0.773. The van der Waals surface area contributed by atoms with Gasteiger partial charge in [-0.15, -0.1) is 11.3 Å². The molecule has 2 rings (SSSR count). The zero-order valence-corrected chi connectivity index (χ0v) is 14.7. The molecule has 0 radical (unpaired) electrons. The number of benzene rings is 1. The number of methoxy groups -OCH3 is 1. The molecule has 1 unspecified atom stereocenters. The molecule has 2 nitrogen and oxygen atoms in total. The molecule has 0 saturated heterocycles. The number of likely N-dealkylation sites (N-methyl/N-ethyl adjacent to an activating group) is 1. The predicted molar refractivity (Wildman–Crippen MR) is 88.2 cm³/mol. The molecule has 0 fully saturated rings. The Kier molecular flexibility index (Phi) is 5.45. The molecule has 0 bridgehead atoms. The summed E-state index contributed by atoms with van der Waals surface area (Å²) in [6, 6.07) is 8.69. The molecular formula is C14H15Br2NOS. The van der Waals surface area contributed by atoms with Crippen molar-refractivity contribution >= 4 is 43.2 Å². The molecule has 102 valence electrons. The molecule has 1 atom stereocenters. The minimum atomic E-state index is 0.299. The van der Waals surface area contributed by atoms with Crippen LogP contribution in [0.2, 0.25) is 0 Å². The topological polar surface area (TPSA) is 21.3 Å². The third-order valence-electron chi connectivity index (χ3n) is 2.95.